The van der Waals surface area contributed by atoms with Gasteiger partial charge in [-0.2, -0.15) is 0 Å². The smallest absolute Gasteiger partial charge is 0.145 e. The second kappa shape index (κ2) is 7.50. The third kappa shape index (κ3) is 3.13. The van der Waals surface area contributed by atoms with E-state index in [0.717, 1.165) is 49.5 Å². The van der Waals surface area contributed by atoms with Crippen LogP contribution in [0.4, 0.5) is 5.82 Å². The number of nitrogens with one attached hydrogen (secondary N) is 2. The van der Waals surface area contributed by atoms with E-state index < -0.39 is 12.2 Å². The molecular formula is C21H32N6O2. The number of hydrogen-bond donors (Lipinski definition) is 4. The summed E-state index contributed by atoms with van der Waals surface area (Å²) in [7, 11) is 1.84. The summed E-state index contributed by atoms with van der Waals surface area (Å²) in [5.74, 6) is 0.843. The number of fused-ring (bicyclic) bond motifs is 1. The van der Waals surface area contributed by atoms with Crippen molar-refractivity contribution in [1.82, 2.24) is 24.8 Å². The maximum Gasteiger partial charge on any atom is 0.145 e. The van der Waals surface area contributed by atoms with E-state index in [1.54, 1.807) is 6.33 Å². The quantitative estimate of drug-likeness (QED) is 0.607. The number of rotatable bonds is 4. The number of piperidine rings is 1. The van der Waals surface area contributed by atoms with Crippen LogP contribution in [-0.4, -0.2) is 80.6 Å². The van der Waals surface area contributed by atoms with Crippen LogP contribution in [0.25, 0.3) is 11.0 Å². The second-order valence-electron chi connectivity index (χ2n) is 9.03. The average Bonchev–Trinajstić information content (AvgIpc) is 3.44. The van der Waals surface area contributed by atoms with Gasteiger partial charge in [0.25, 0.3) is 0 Å². The zero-order chi connectivity index (χ0) is 20.0. The first-order chi connectivity index (χ1) is 14.1. The van der Waals surface area contributed by atoms with E-state index in [0.29, 0.717) is 0 Å². The Labute approximate surface area is 171 Å². The molecule has 8 nitrogen and oxygen atoms in total. The lowest BCUT2D eigenvalue weighted by Crippen LogP contribution is -2.55. The Kier molecular flexibility index (Phi) is 4.98. The minimum atomic E-state index is -0.786. The van der Waals surface area contributed by atoms with E-state index in [4.69, 9.17) is 0 Å². The van der Waals surface area contributed by atoms with Crippen LogP contribution < -0.4 is 10.6 Å². The summed E-state index contributed by atoms with van der Waals surface area (Å²) in [5, 5.41) is 29.4. The molecule has 0 radical (unpaired) electrons. The standard InChI is InChI=1S/C21H32N6O2/c1-22-19-15-4-9-27(20(15)25-13-24-19)16-10-14(17(28)18(16)29)11-26-8-3-2-5-21(26)6-7-23-12-21/h4,9,13-14,16-18,23,28-29H,2-3,5-8,10-12H2,1H3,(H,22,24,25)/t14-,16-,17-,18+,21?/m1/s1. The number of aliphatic hydroxyl groups is 2. The lowest BCUT2D eigenvalue weighted by Gasteiger charge is -2.46. The molecule has 0 bridgehead atoms. The van der Waals surface area contributed by atoms with Gasteiger partial charge in [0.15, 0.2) is 0 Å². The van der Waals surface area contributed by atoms with Crippen LogP contribution in [0.1, 0.15) is 38.1 Å². The highest BCUT2D eigenvalue weighted by atomic mass is 16.3. The van der Waals surface area contributed by atoms with Gasteiger partial charge >= 0.3 is 0 Å². The summed E-state index contributed by atoms with van der Waals surface area (Å²) < 4.78 is 2.02. The van der Waals surface area contributed by atoms with E-state index in [-0.39, 0.29) is 17.5 Å². The van der Waals surface area contributed by atoms with Crippen molar-refractivity contribution < 1.29 is 10.2 Å². The Morgan fingerprint density at radius 2 is 2.14 bits per heavy atom. The van der Waals surface area contributed by atoms with Gasteiger partial charge in [-0.05, 0) is 44.8 Å². The molecule has 2 aliphatic heterocycles. The summed E-state index contributed by atoms with van der Waals surface area (Å²) in [6.07, 6.45) is 7.71. The highest BCUT2D eigenvalue weighted by Crippen LogP contribution is 2.41. The minimum absolute atomic E-state index is 0.0635. The zero-order valence-corrected chi connectivity index (χ0v) is 17.1. The molecule has 5 atom stereocenters. The Morgan fingerprint density at radius 1 is 1.24 bits per heavy atom. The predicted octanol–water partition coefficient (Wildman–Crippen LogP) is 0.974. The topological polar surface area (TPSA) is 98.5 Å². The number of aromatic nitrogens is 3. The van der Waals surface area contributed by atoms with Gasteiger partial charge in [0.05, 0.1) is 17.5 Å². The summed E-state index contributed by atoms with van der Waals surface area (Å²) in [6.45, 7) is 4.08. The molecular weight excluding hydrogens is 368 g/mol. The molecule has 2 saturated heterocycles. The van der Waals surface area contributed by atoms with Crippen molar-refractivity contribution in [2.45, 2.75) is 55.9 Å². The summed E-state index contributed by atoms with van der Waals surface area (Å²) in [5.41, 5.74) is 1.05. The number of anilines is 1. The first-order valence-corrected chi connectivity index (χ1v) is 10.9. The second-order valence-corrected chi connectivity index (χ2v) is 9.03. The number of nitrogens with zero attached hydrogens (tertiary/aromatic N) is 4. The highest BCUT2D eigenvalue weighted by molar-refractivity contribution is 5.87. The first-order valence-electron chi connectivity index (χ1n) is 10.9. The molecule has 1 saturated carbocycles. The third-order valence-electron chi connectivity index (χ3n) is 7.54. The van der Waals surface area contributed by atoms with Gasteiger partial charge in [-0.25, -0.2) is 9.97 Å². The number of hydrogen-bond acceptors (Lipinski definition) is 7. The monoisotopic (exact) mass is 400 g/mol. The van der Waals surface area contributed by atoms with Crippen LogP contribution >= 0.6 is 0 Å². The number of likely N-dealkylation sites (tertiary alicyclic amines) is 1. The molecule has 29 heavy (non-hydrogen) atoms. The van der Waals surface area contributed by atoms with E-state index in [1.807, 2.05) is 23.9 Å². The Balaban J connectivity index is 1.38. The lowest BCUT2D eigenvalue weighted by atomic mass is 9.84. The molecule has 2 aromatic heterocycles. The van der Waals surface area contributed by atoms with Crippen molar-refractivity contribution >= 4 is 16.9 Å². The summed E-state index contributed by atoms with van der Waals surface area (Å²) in [6, 6.07) is 1.81. The van der Waals surface area contributed by atoms with Gasteiger partial charge in [0.1, 0.15) is 23.9 Å². The van der Waals surface area contributed by atoms with Crippen LogP contribution in [0.3, 0.4) is 0 Å². The molecule has 0 amide bonds. The van der Waals surface area contributed by atoms with Crippen molar-refractivity contribution in [2.24, 2.45) is 5.92 Å². The van der Waals surface area contributed by atoms with E-state index in [2.05, 4.69) is 25.5 Å². The SMILES string of the molecule is CNc1ncnc2c1ccn2[C@@H]1C[C@H](CN2CCCCC23CCNC3)[C@@H](O)[C@H]1O. The van der Waals surface area contributed by atoms with Crippen molar-refractivity contribution in [3.63, 3.8) is 0 Å². The van der Waals surface area contributed by atoms with Crippen LogP contribution in [0.15, 0.2) is 18.6 Å². The van der Waals surface area contributed by atoms with Gasteiger partial charge in [0.2, 0.25) is 0 Å². The largest absolute Gasteiger partial charge is 0.390 e. The van der Waals surface area contributed by atoms with Gasteiger partial charge < -0.3 is 25.4 Å². The maximum atomic E-state index is 10.9. The highest BCUT2D eigenvalue weighted by Gasteiger charge is 2.47. The average molecular weight is 401 g/mol. The zero-order valence-electron chi connectivity index (χ0n) is 17.1. The molecule has 0 aromatic carbocycles. The number of aliphatic hydroxyl groups excluding tert-OH is 2. The fourth-order valence-electron chi connectivity index (χ4n) is 5.93. The fraction of sp³-hybridized carbons (Fsp3) is 0.714. The Hall–Kier alpha value is -1.74. The molecule has 4 heterocycles. The van der Waals surface area contributed by atoms with Gasteiger partial charge in [-0.1, -0.05) is 6.42 Å². The predicted molar refractivity (Wildman–Crippen MR) is 112 cm³/mol. The first kappa shape index (κ1) is 19.2. The summed E-state index contributed by atoms with van der Waals surface area (Å²) >= 11 is 0. The van der Waals surface area contributed by atoms with E-state index in [9.17, 15) is 10.2 Å². The molecule has 8 heteroatoms. The fourth-order valence-corrected chi connectivity index (χ4v) is 5.93. The van der Waals surface area contributed by atoms with E-state index >= 15 is 0 Å². The van der Waals surface area contributed by atoms with Crippen LogP contribution in [0, 0.1) is 5.92 Å². The molecule has 3 aliphatic rings. The van der Waals surface area contributed by atoms with Crippen LogP contribution in [0.2, 0.25) is 0 Å². The lowest BCUT2D eigenvalue weighted by molar-refractivity contribution is -0.0170. The van der Waals surface area contributed by atoms with Crippen molar-refractivity contribution in [3.8, 4) is 0 Å². The van der Waals surface area contributed by atoms with Crippen LogP contribution in [0.5, 0.6) is 0 Å². The van der Waals surface area contributed by atoms with Gasteiger partial charge in [-0.15, -0.1) is 0 Å². The van der Waals surface area contributed by atoms with Crippen molar-refractivity contribution in [3.05, 3.63) is 18.6 Å². The van der Waals surface area contributed by atoms with Crippen molar-refractivity contribution in [2.75, 3.05) is 38.5 Å². The summed E-state index contributed by atoms with van der Waals surface area (Å²) in [4.78, 5) is 11.3. The van der Waals surface area contributed by atoms with Gasteiger partial charge in [0, 0.05) is 37.8 Å². The van der Waals surface area contributed by atoms with Gasteiger partial charge in [-0.3, -0.25) is 4.90 Å². The molecule has 5 rings (SSSR count). The molecule has 2 aromatic rings. The maximum absolute atomic E-state index is 10.9. The molecule has 3 fully saturated rings. The Bertz CT molecular complexity index is 864. The minimum Gasteiger partial charge on any atom is -0.390 e. The van der Waals surface area contributed by atoms with Crippen molar-refractivity contribution in [1.29, 1.82) is 0 Å². The van der Waals surface area contributed by atoms with Crippen LogP contribution in [-0.2, 0) is 0 Å². The Morgan fingerprint density at radius 3 is 2.93 bits per heavy atom. The third-order valence-corrected chi connectivity index (χ3v) is 7.54. The van der Waals surface area contributed by atoms with E-state index in [1.165, 1.54) is 25.7 Å². The molecule has 1 spiro atoms. The normalized spacial score (nSPS) is 35.7. The molecule has 1 aliphatic carbocycles. The molecule has 4 N–H and O–H groups in total. The molecule has 1 unspecified atom stereocenters. The molecule has 158 valence electrons.